The maximum absolute atomic E-state index is 13.9. The number of nitrogens with two attached hydrogens (primary N) is 1. The van der Waals surface area contributed by atoms with E-state index in [9.17, 15) is 4.39 Å². The van der Waals surface area contributed by atoms with Crippen molar-refractivity contribution >= 4 is 22.9 Å². The van der Waals surface area contributed by atoms with Gasteiger partial charge in [-0.05, 0) is 38.6 Å². The van der Waals surface area contributed by atoms with Crippen molar-refractivity contribution in [1.82, 2.24) is 4.90 Å². The molecule has 1 aliphatic rings. The van der Waals surface area contributed by atoms with Crippen molar-refractivity contribution in [2.24, 2.45) is 5.73 Å². The molecule has 0 bridgehead atoms. The minimum atomic E-state index is -0.346. The van der Waals surface area contributed by atoms with Crippen LogP contribution in [0.25, 0.3) is 0 Å². The smallest absolute Gasteiger partial charge is 0.135 e. The highest BCUT2D eigenvalue weighted by Gasteiger charge is 2.24. The summed E-state index contributed by atoms with van der Waals surface area (Å²) >= 11 is 4.98. The summed E-state index contributed by atoms with van der Waals surface area (Å²) < 4.78 is 13.9. The largest absolute Gasteiger partial charge is 0.389 e. The first-order chi connectivity index (χ1) is 9.00. The van der Waals surface area contributed by atoms with Gasteiger partial charge in [0.1, 0.15) is 10.8 Å². The van der Waals surface area contributed by atoms with E-state index in [1.54, 1.807) is 6.07 Å². The van der Waals surface area contributed by atoms with Gasteiger partial charge in [-0.1, -0.05) is 18.3 Å². The van der Waals surface area contributed by atoms with Crippen LogP contribution in [-0.2, 0) is 0 Å². The van der Waals surface area contributed by atoms with Gasteiger partial charge in [0.25, 0.3) is 0 Å². The Balaban J connectivity index is 2.30. The lowest BCUT2D eigenvalue weighted by molar-refractivity contribution is 0.248. The second-order valence-corrected chi connectivity index (χ2v) is 5.61. The molecule has 1 saturated heterocycles. The second-order valence-electron chi connectivity index (χ2n) is 5.17. The molecule has 1 fully saturated rings. The molecule has 1 heterocycles. The monoisotopic (exact) mass is 281 g/mol. The zero-order valence-corrected chi connectivity index (χ0v) is 12.2. The topological polar surface area (TPSA) is 32.5 Å². The number of likely N-dealkylation sites (N-methyl/N-ethyl adjacent to an activating group) is 2. The zero-order valence-electron chi connectivity index (χ0n) is 11.4. The van der Waals surface area contributed by atoms with Crippen LogP contribution in [0.4, 0.5) is 10.1 Å². The summed E-state index contributed by atoms with van der Waals surface area (Å²) in [5.74, 6) is -0.346. The molecule has 104 valence electrons. The molecule has 0 spiro atoms. The summed E-state index contributed by atoms with van der Waals surface area (Å²) in [5, 5.41) is 0. The van der Waals surface area contributed by atoms with E-state index in [1.807, 2.05) is 13.1 Å². The number of halogens is 1. The van der Waals surface area contributed by atoms with Gasteiger partial charge < -0.3 is 15.5 Å². The summed E-state index contributed by atoms with van der Waals surface area (Å²) in [6, 6.07) is 5.36. The van der Waals surface area contributed by atoms with Crippen molar-refractivity contribution in [3.63, 3.8) is 0 Å². The highest BCUT2D eigenvalue weighted by molar-refractivity contribution is 7.80. The van der Waals surface area contributed by atoms with Gasteiger partial charge in [0.05, 0.1) is 5.56 Å². The molecule has 1 atom stereocenters. The molecule has 0 aliphatic carbocycles. The number of nitrogens with zero attached hydrogens (tertiary/aromatic N) is 2. The van der Waals surface area contributed by atoms with E-state index in [0.717, 1.165) is 31.6 Å². The molecule has 3 nitrogen and oxygen atoms in total. The molecule has 5 heteroatoms. The molecule has 1 aromatic carbocycles. The lowest BCUT2D eigenvalue weighted by Gasteiger charge is -2.37. The Morgan fingerprint density at radius 1 is 1.53 bits per heavy atom. The van der Waals surface area contributed by atoms with Crippen molar-refractivity contribution in [1.29, 1.82) is 0 Å². The van der Waals surface area contributed by atoms with Crippen molar-refractivity contribution in [3.05, 3.63) is 29.6 Å². The fourth-order valence-electron chi connectivity index (χ4n) is 2.70. The van der Waals surface area contributed by atoms with Crippen LogP contribution in [0.15, 0.2) is 18.2 Å². The molecule has 0 saturated carbocycles. The quantitative estimate of drug-likeness (QED) is 0.859. The van der Waals surface area contributed by atoms with Crippen LogP contribution in [0, 0.1) is 5.82 Å². The van der Waals surface area contributed by atoms with Crippen LogP contribution in [0.5, 0.6) is 0 Å². The molecule has 0 aromatic heterocycles. The van der Waals surface area contributed by atoms with Crippen molar-refractivity contribution in [2.75, 3.05) is 32.1 Å². The fraction of sp³-hybridized carbons (Fsp3) is 0.500. The molecule has 19 heavy (non-hydrogen) atoms. The van der Waals surface area contributed by atoms with Crippen LogP contribution in [0.1, 0.15) is 18.4 Å². The van der Waals surface area contributed by atoms with Gasteiger partial charge in [-0.25, -0.2) is 4.39 Å². The molecule has 0 radical (unpaired) electrons. The summed E-state index contributed by atoms with van der Waals surface area (Å²) in [6.07, 6.45) is 2.26. The molecular weight excluding hydrogens is 261 g/mol. The Labute approximate surface area is 119 Å². The third kappa shape index (κ3) is 3.04. The Morgan fingerprint density at radius 3 is 2.89 bits per heavy atom. The van der Waals surface area contributed by atoms with Crippen LogP contribution in [0.2, 0.25) is 0 Å². The summed E-state index contributed by atoms with van der Waals surface area (Å²) in [4.78, 5) is 4.52. The average Bonchev–Trinajstić information content (AvgIpc) is 2.37. The predicted octanol–water partition coefficient (Wildman–Crippen LogP) is 1.99. The normalized spacial score (nSPS) is 20.3. The summed E-state index contributed by atoms with van der Waals surface area (Å²) in [7, 11) is 4.10. The highest BCUT2D eigenvalue weighted by atomic mass is 32.1. The standard InChI is InChI=1S/C14H20FN3S/c1-17-8-4-5-10(9-17)18(2)12-7-3-6-11(15)13(12)14(16)19/h3,6-7,10H,4-5,8-9H2,1-2H3,(H2,16,19). The first-order valence-electron chi connectivity index (χ1n) is 6.50. The first kappa shape index (κ1) is 14.2. The Hall–Kier alpha value is -1.20. The van der Waals surface area contributed by atoms with Crippen molar-refractivity contribution in [2.45, 2.75) is 18.9 Å². The zero-order chi connectivity index (χ0) is 14.0. The molecule has 1 aliphatic heterocycles. The predicted molar refractivity (Wildman–Crippen MR) is 81.2 cm³/mol. The van der Waals surface area contributed by atoms with Crippen molar-refractivity contribution < 1.29 is 4.39 Å². The lowest BCUT2D eigenvalue weighted by Crippen LogP contribution is -2.45. The van der Waals surface area contributed by atoms with Gasteiger partial charge in [0.15, 0.2) is 0 Å². The Kier molecular flexibility index (Phi) is 4.37. The Bertz CT molecular complexity index is 478. The van der Waals surface area contributed by atoms with Gasteiger partial charge in [0, 0.05) is 25.3 Å². The van der Waals surface area contributed by atoms with Gasteiger partial charge in [-0.2, -0.15) is 0 Å². The molecular formula is C14H20FN3S. The van der Waals surface area contributed by atoms with E-state index in [2.05, 4.69) is 16.8 Å². The maximum Gasteiger partial charge on any atom is 0.135 e. The van der Waals surface area contributed by atoms with Gasteiger partial charge in [-0.3, -0.25) is 0 Å². The van der Waals surface area contributed by atoms with Crippen LogP contribution in [0.3, 0.4) is 0 Å². The molecule has 2 N–H and O–H groups in total. The number of likely N-dealkylation sites (tertiary alicyclic amines) is 1. The third-order valence-electron chi connectivity index (χ3n) is 3.77. The van der Waals surface area contributed by atoms with Gasteiger partial charge in [-0.15, -0.1) is 0 Å². The molecule has 1 aromatic rings. The highest BCUT2D eigenvalue weighted by Crippen LogP contribution is 2.26. The summed E-state index contributed by atoms with van der Waals surface area (Å²) in [6.45, 7) is 2.10. The molecule has 1 unspecified atom stereocenters. The van der Waals surface area contributed by atoms with Crippen LogP contribution in [-0.4, -0.2) is 43.1 Å². The average molecular weight is 281 g/mol. The summed E-state index contributed by atoms with van der Waals surface area (Å²) in [5.41, 5.74) is 6.80. The van der Waals surface area contributed by atoms with E-state index in [-0.39, 0.29) is 10.8 Å². The SMILES string of the molecule is CN1CCCC(N(C)c2cccc(F)c2C(N)=S)C1. The number of piperidine rings is 1. The van der Waals surface area contributed by atoms with E-state index >= 15 is 0 Å². The molecule has 0 amide bonds. The van der Waals surface area contributed by atoms with Crippen LogP contribution < -0.4 is 10.6 Å². The van der Waals surface area contributed by atoms with Gasteiger partial charge >= 0.3 is 0 Å². The van der Waals surface area contributed by atoms with Crippen molar-refractivity contribution in [3.8, 4) is 0 Å². The maximum atomic E-state index is 13.9. The fourth-order valence-corrected chi connectivity index (χ4v) is 2.90. The Morgan fingerprint density at radius 2 is 2.26 bits per heavy atom. The minimum Gasteiger partial charge on any atom is -0.389 e. The van der Waals surface area contributed by atoms with E-state index in [1.165, 1.54) is 6.07 Å². The van der Waals surface area contributed by atoms with E-state index < -0.39 is 0 Å². The number of hydrogen-bond acceptors (Lipinski definition) is 3. The third-order valence-corrected chi connectivity index (χ3v) is 3.97. The minimum absolute atomic E-state index is 0.115. The van der Waals surface area contributed by atoms with Gasteiger partial charge in [0.2, 0.25) is 0 Å². The number of thiocarbonyl (C=S) groups is 1. The number of hydrogen-bond donors (Lipinski definition) is 1. The second kappa shape index (κ2) is 5.84. The van der Waals surface area contributed by atoms with E-state index in [4.69, 9.17) is 18.0 Å². The van der Waals surface area contributed by atoms with E-state index in [0.29, 0.717) is 11.6 Å². The number of benzene rings is 1. The molecule has 2 rings (SSSR count). The number of anilines is 1. The van der Waals surface area contributed by atoms with Crippen LogP contribution >= 0.6 is 12.2 Å². The first-order valence-corrected chi connectivity index (χ1v) is 6.91. The lowest BCUT2D eigenvalue weighted by atomic mass is 10.0. The number of rotatable bonds is 3.